The molecular formula is C19H22O8. The van der Waals surface area contributed by atoms with Gasteiger partial charge in [0.25, 0.3) is 0 Å². The van der Waals surface area contributed by atoms with Crippen LogP contribution in [0.4, 0.5) is 0 Å². The Morgan fingerprint density at radius 1 is 1.30 bits per heavy atom. The Kier molecular flexibility index (Phi) is 5.98. The van der Waals surface area contributed by atoms with E-state index in [-0.39, 0.29) is 24.4 Å². The van der Waals surface area contributed by atoms with E-state index in [1.54, 1.807) is 24.3 Å². The maximum absolute atomic E-state index is 12.0. The molecule has 2 heterocycles. The minimum Gasteiger partial charge on any atom is -0.508 e. The van der Waals surface area contributed by atoms with Crippen LogP contribution in [0.1, 0.15) is 12.0 Å². The summed E-state index contributed by atoms with van der Waals surface area (Å²) in [6, 6.07) is 6.74. The molecule has 8 nitrogen and oxygen atoms in total. The molecule has 1 fully saturated rings. The van der Waals surface area contributed by atoms with Gasteiger partial charge in [0.15, 0.2) is 0 Å². The van der Waals surface area contributed by atoms with Gasteiger partial charge >= 0.3 is 11.9 Å². The average molecular weight is 378 g/mol. The zero-order chi connectivity index (χ0) is 19.4. The Balaban J connectivity index is 1.72. The monoisotopic (exact) mass is 378 g/mol. The lowest BCUT2D eigenvalue weighted by atomic mass is 9.79. The zero-order valence-corrected chi connectivity index (χ0v) is 14.9. The molecule has 0 aromatic heterocycles. The highest BCUT2D eigenvalue weighted by molar-refractivity contribution is 5.90. The van der Waals surface area contributed by atoms with Crippen molar-refractivity contribution in [2.75, 3.05) is 20.3 Å². The van der Waals surface area contributed by atoms with Crippen molar-refractivity contribution in [2.24, 2.45) is 11.8 Å². The fraction of sp³-hybridized carbons (Fsp3) is 0.474. The second-order valence-corrected chi connectivity index (χ2v) is 6.49. The summed E-state index contributed by atoms with van der Waals surface area (Å²) in [5.41, 5.74) is 1.14. The van der Waals surface area contributed by atoms with Crippen LogP contribution in [0.15, 0.2) is 36.1 Å². The van der Waals surface area contributed by atoms with Gasteiger partial charge in [-0.2, -0.15) is 0 Å². The number of esters is 2. The topological polar surface area (TPSA) is 112 Å². The number of aliphatic hydroxyl groups is 1. The van der Waals surface area contributed by atoms with Gasteiger partial charge in [-0.25, -0.2) is 4.79 Å². The molecule has 0 bridgehead atoms. The van der Waals surface area contributed by atoms with Gasteiger partial charge in [-0.3, -0.25) is 4.79 Å². The summed E-state index contributed by atoms with van der Waals surface area (Å²) in [6.07, 6.45) is -0.217. The van der Waals surface area contributed by atoms with Crippen molar-refractivity contribution in [1.82, 2.24) is 0 Å². The van der Waals surface area contributed by atoms with E-state index in [1.807, 2.05) is 0 Å². The van der Waals surface area contributed by atoms with Crippen LogP contribution >= 0.6 is 0 Å². The van der Waals surface area contributed by atoms with E-state index in [4.69, 9.17) is 18.9 Å². The van der Waals surface area contributed by atoms with Gasteiger partial charge in [-0.05, 0) is 24.1 Å². The number of benzene rings is 1. The summed E-state index contributed by atoms with van der Waals surface area (Å²) in [5.74, 6) is -2.17. The first kappa shape index (κ1) is 19.2. The molecule has 3 rings (SSSR count). The third kappa shape index (κ3) is 4.40. The molecule has 4 atom stereocenters. The lowest BCUT2D eigenvalue weighted by molar-refractivity contribution is -0.169. The van der Waals surface area contributed by atoms with Gasteiger partial charge in [0.2, 0.25) is 6.29 Å². The van der Waals surface area contributed by atoms with Crippen LogP contribution in [0.5, 0.6) is 5.75 Å². The number of aliphatic hydroxyl groups excluding tert-OH is 1. The molecule has 1 saturated heterocycles. The van der Waals surface area contributed by atoms with Gasteiger partial charge in [0.05, 0.1) is 37.9 Å². The van der Waals surface area contributed by atoms with Gasteiger partial charge in [-0.15, -0.1) is 0 Å². The summed E-state index contributed by atoms with van der Waals surface area (Å²) in [6.45, 7) is 0.269. The average Bonchev–Trinajstić information content (AvgIpc) is 2.82. The molecule has 2 aliphatic rings. The van der Waals surface area contributed by atoms with E-state index in [2.05, 4.69) is 0 Å². The van der Waals surface area contributed by atoms with Crippen LogP contribution < -0.4 is 0 Å². The number of cyclic esters (lactones) is 1. The largest absolute Gasteiger partial charge is 0.508 e. The molecule has 0 radical (unpaired) electrons. The summed E-state index contributed by atoms with van der Waals surface area (Å²) in [7, 11) is 1.24. The number of carbonyl (C=O) groups excluding carboxylic acids is 2. The third-order valence-corrected chi connectivity index (χ3v) is 4.83. The predicted molar refractivity (Wildman–Crippen MR) is 91.3 cm³/mol. The van der Waals surface area contributed by atoms with E-state index in [0.29, 0.717) is 13.0 Å². The molecule has 2 aliphatic heterocycles. The molecule has 2 N–H and O–H groups in total. The summed E-state index contributed by atoms with van der Waals surface area (Å²) < 4.78 is 21.0. The molecule has 146 valence electrons. The van der Waals surface area contributed by atoms with Gasteiger partial charge in [0.1, 0.15) is 18.5 Å². The normalized spacial score (nSPS) is 27.5. The lowest BCUT2D eigenvalue weighted by Crippen LogP contribution is -2.45. The lowest BCUT2D eigenvalue weighted by Gasteiger charge is -2.36. The molecule has 1 aromatic carbocycles. The van der Waals surface area contributed by atoms with E-state index < -0.39 is 36.2 Å². The Morgan fingerprint density at radius 2 is 2.04 bits per heavy atom. The van der Waals surface area contributed by atoms with Crippen molar-refractivity contribution >= 4 is 11.9 Å². The highest BCUT2D eigenvalue weighted by Gasteiger charge is 2.47. The molecule has 0 saturated carbocycles. The molecule has 0 unspecified atom stereocenters. The van der Waals surface area contributed by atoms with E-state index in [9.17, 15) is 19.8 Å². The Hall–Kier alpha value is -2.58. The van der Waals surface area contributed by atoms with Gasteiger partial charge in [-0.1, -0.05) is 12.1 Å². The fourth-order valence-electron chi connectivity index (χ4n) is 3.41. The predicted octanol–water partition coefficient (Wildman–Crippen LogP) is 0.905. The van der Waals surface area contributed by atoms with Crippen LogP contribution in [-0.4, -0.2) is 54.9 Å². The van der Waals surface area contributed by atoms with Crippen molar-refractivity contribution in [3.05, 3.63) is 41.7 Å². The van der Waals surface area contributed by atoms with E-state index in [0.717, 1.165) is 11.8 Å². The number of fused-ring (bicyclic) bond motifs is 1. The summed E-state index contributed by atoms with van der Waals surface area (Å²) in [5, 5.41) is 19.6. The van der Waals surface area contributed by atoms with Gasteiger partial charge in [0, 0.05) is 5.92 Å². The first-order valence-electron chi connectivity index (χ1n) is 8.66. The molecule has 27 heavy (non-hydrogen) atoms. The second-order valence-electron chi connectivity index (χ2n) is 6.49. The number of hydrogen-bond donors (Lipinski definition) is 2. The molecule has 1 aromatic rings. The molecule has 0 amide bonds. The number of ether oxygens (including phenoxy) is 4. The number of carbonyl (C=O) groups is 2. The van der Waals surface area contributed by atoms with Crippen molar-refractivity contribution in [3.63, 3.8) is 0 Å². The SMILES string of the molecule is COC(=O)C1=CO[C@@H](O)[C@H]2[C@@H]1CC(=O)OC[C@H]2OCCc1ccc(O)cc1. The van der Waals surface area contributed by atoms with E-state index in [1.165, 1.54) is 7.11 Å². The Morgan fingerprint density at radius 3 is 2.74 bits per heavy atom. The number of phenolic OH excluding ortho intramolecular Hbond substituents is 1. The zero-order valence-electron chi connectivity index (χ0n) is 14.9. The quantitative estimate of drug-likeness (QED) is 0.727. The standard InChI is InChI=1S/C19H22O8/c1-24-18(22)14-9-27-19(23)17-13(14)8-16(21)26-10-15(17)25-7-6-11-2-4-12(20)5-3-11/h2-5,9,13,15,17,19-20,23H,6-8,10H2,1H3/t13-,15-,17+,19-/m1/s1. The van der Waals surface area contributed by atoms with Crippen LogP contribution in [0, 0.1) is 11.8 Å². The summed E-state index contributed by atoms with van der Waals surface area (Å²) in [4.78, 5) is 24.0. The maximum atomic E-state index is 12.0. The number of rotatable bonds is 5. The van der Waals surface area contributed by atoms with E-state index >= 15 is 0 Å². The van der Waals surface area contributed by atoms with Crippen molar-refractivity contribution in [1.29, 1.82) is 0 Å². The first-order chi connectivity index (χ1) is 13.0. The highest BCUT2D eigenvalue weighted by Crippen LogP contribution is 2.38. The number of methoxy groups -OCH3 is 1. The van der Waals surface area contributed by atoms with Crippen molar-refractivity contribution < 1.29 is 38.7 Å². The molecule has 0 aliphatic carbocycles. The third-order valence-electron chi connectivity index (χ3n) is 4.83. The Bertz CT molecular complexity index is 711. The minimum absolute atomic E-state index is 0.0373. The number of hydrogen-bond acceptors (Lipinski definition) is 8. The van der Waals surface area contributed by atoms with Crippen LogP contribution in [0.25, 0.3) is 0 Å². The summed E-state index contributed by atoms with van der Waals surface area (Å²) >= 11 is 0. The Labute approximate surface area is 156 Å². The maximum Gasteiger partial charge on any atom is 0.337 e. The fourth-order valence-corrected chi connectivity index (χ4v) is 3.41. The van der Waals surface area contributed by atoms with Crippen molar-refractivity contribution in [3.8, 4) is 5.75 Å². The molecular weight excluding hydrogens is 356 g/mol. The highest BCUT2D eigenvalue weighted by atomic mass is 16.6. The van der Waals surface area contributed by atoms with Crippen LogP contribution in [-0.2, 0) is 35.0 Å². The molecule has 8 heteroatoms. The minimum atomic E-state index is -1.23. The number of phenols is 1. The first-order valence-corrected chi connectivity index (χ1v) is 8.66. The molecule has 0 spiro atoms. The van der Waals surface area contributed by atoms with Crippen LogP contribution in [0.2, 0.25) is 0 Å². The number of aromatic hydroxyl groups is 1. The van der Waals surface area contributed by atoms with Crippen molar-refractivity contribution in [2.45, 2.75) is 25.2 Å². The van der Waals surface area contributed by atoms with Gasteiger partial charge < -0.3 is 29.2 Å². The van der Waals surface area contributed by atoms with Crippen LogP contribution in [0.3, 0.4) is 0 Å². The second kappa shape index (κ2) is 8.41. The smallest absolute Gasteiger partial charge is 0.337 e.